The average molecular weight is 535 g/mol. The van der Waals surface area contributed by atoms with Crippen LogP contribution >= 0.6 is 0 Å². The molecule has 0 spiro atoms. The molecule has 0 aliphatic heterocycles. The van der Waals surface area contributed by atoms with Gasteiger partial charge >= 0.3 is 0 Å². The summed E-state index contributed by atoms with van der Waals surface area (Å²) in [5, 5.41) is 14.0. The molecule has 2 N–H and O–H groups in total. The number of aromatic nitrogens is 6. The van der Waals surface area contributed by atoms with Gasteiger partial charge in [-0.2, -0.15) is 5.10 Å². The monoisotopic (exact) mass is 534 g/mol. The second-order valence-corrected chi connectivity index (χ2v) is 10.9. The summed E-state index contributed by atoms with van der Waals surface area (Å²) in [6, 6.07) is 20.7. The number of nitrogens with zero attached hydrogens (tertiary/aromatic N) is 6. The van der Waals surface area contributed by atoms with E-state index in [2.05, 4.69) is 60.7 Å². The lowest BCUT2D eigenvalue weighted by atomic mass is 9.92. The SMILES string of the molecule is CC(C)(C)c1cc(Nc2nc3cc4ccccc4cc3nc2NCCCn2ccnc2)n(-c2cccc(F)c2)n1. The second-order valence-electron chi connectivity index (χ2n) is 10.9. The summed E-state index contributed by atoms with van der Waals surface area (Å²) in [6.07, 6.45) is 6.42. The average Bonchev–Trinajstić information content (AvgIpc) is 3.60. The lowest BCUT2D eigenvalue weighted by Gasteiger charge is -2.15. The van der Waals surface area contributed by atoms with Crippen molar-refractivity contribution in [1.29, 1.82) is 0 Å². The fourth-order valence-corrected chi connectivity index (χ4v) is 4.60. The van der Waals surface area contributed by atoms with E-state index >= 15 is 0 Å². The minimum atomic E-state index is -0.325. The summed E-state index contributed by atoms with van der Waals surface area (Å²) in [7, 11) is 0. The number of hydrogen-bond donors (Lipinski definition) is 2. The van der Waals surface area contributed by atoms with E-state index in [0.717, 1.165) is 40.5 Å². The normalized spacial score (nSPS) is 11.8. The molecule has 3 aromatic carbocycles. The minimum absolute atomic E-state index is 0.211. The maximum Gasteiger partial charge on any atom is 0.175 e. The van der Waals surface area contributed by atoms with Crippen molar-refractivity contribution >= 4 is 39.3 Å². The van der Waals surface area contributed by atoms with Crippen LogP contribution in [0.4, 0.5) is 21.8 Å². The molecule has 0 aliphatic carbocycles. The molecule has 6 rings (SSSR count). The lowest BCUT2D eigenvalue weighted by molar-refractivity contribution is 0.560. The van der Waals surface area contributed by atoms with Crippen LogP contribution in [0.1, 0.15) is 32.9 Å². The van der Waals surface area contributed by atoms with Gasteiger partial charge in [0.25, 0.3) is 0 Å². The minimum Gasteiger partial charge on any atom is -0.367 e. The number of nitrogens with one attached hydrogen (secondary N) is 2. The Morgan fingerprint density at radius 1 is 0.875 bits per heavy atom. The van der Waals surface area contributed by atoms with Crippen LogP contribution in [-0.2, 0) is 12.0 Å². The quantitative estimate of drug-likeness (QED) is 0.164. The van der Waals surface area contributed by atoms with E-state index in [1.54, 1.807) is 16.9 Å². The fraction of sp³-hybridized carbons (Fsp3) is 0.226. The maximum atomic E-state index is 14.2. The van der Waals surface area contributed by atoms with Gasteiger partial charge in [-0.15, -0.1) is 0 Å². The molecule has 0 fully saturated rings. The van der Waals surface area contributed by atoms with Crippen LogP contribution < -0.4 is 10.6 Å². The van der Waals surface area contributed by atoms with E-state index in [1.807, 2.05) is 41.4 Å². The molecular formula is C31H31FN8. The van der Waals surface area contributed by atoms with Gasteiger partial charge in [-0.1, -0.05) is 51.1 Å². The van der Waals surface area contributed by atoms with Gasteiger partial charge in [-0.05, 0) is 47.5 Å². The Morgan fingerprint density at radius 2 is 1.62 bits per heavy atom. The standard InChI is InChI=1S/C31H31FN8/c1-31(2,3)27-19-28(40(38-27)24-11-6-10-23(32)18-24)37-30-29(34-12-7-14-39-15-13-33-20-39)35-25-16-21-8-4-5-9-22(21)17-26(25)36-30/h4-6,8-11,13,15-20H,7,12,14H2,1-3H3,(H,34,35)(H,36,37). The number of imidazole rings is 1. The van der Waals surface area contributed by atoms with Crippen molar-refractivity contribution < 1.29 is 4.39 Å². The topological polar surface area (TPSA) is 85.5 Å². The van der Waals surface area contributed by atoms with E-state index in [4.69, 9.17) is 15.1 Å². The highest BCUT2D eigenvalue weighted by Crippen LogP contribution is 2.31. The summed E-state index contributed by atoms with van der Waals surface area (Å²) in [4.78, 5) is 14.1. The van der Waals surface area contributed by atoms with Crippen LogP contribution in [0.15, 0.2) is 85.5 Å². The zero-order valence-electron chi connectivity index (χ0n) is 22.8. The first kappa shape index (κ1) is 25.5. The molecule has 8 nitrogen and oxygen atoms in total. The van der Waals surface area contributed by atoms with E-state index in [0.29, 0.717) is 29.7 Å². The molecule has 0 saturated heterocycles. The molecule has 202 valence electrons. The van der Waals surface area contributed by atoms with Crippen LogP contribution in [0, 0.1) is 5.82 Å². The first-order chi connectivity index (χ1) is 19.3. The molecule has 0 bridgehead atoms. The van der Waals surface area contributed by atoms with Gasteiger partial charge in [-0.3, -0.25) is 0 Å². The molecule has 3 heterocycles. The number of rotatable bonds is 8. The number of halogens is 1. The summed E-state index contributed by atoms with van der Waals surface area (Å²) < 4.78 is 18.0. The van der Waals surface area contributed by atoms with Crippen LogP contribution in [0.3, 0.4) is 0 Å². The van der Waals surface area contributed by atoms with Crippen molar-refractivity contribution in [1.82, 2.24) is 29.3 Å². The summed E-state index contributed by atoms with van der Waals surface area (Å²) >= 11 is 0. The van der Waals surface area contributed by atoms with E-state index < -0.39 is 0 Å². The Kier molecular flexibility index (Phi) is 6.63. The fourth-order valence-electron chi connectivity index (χ4n) is 4.60. The number of aryl methyl sites for hydroxylation is 1. The molecule has 3 aromatic heterocycles. The van der Waals surface area contributed by atoms with Gasteiger partial charge in [0.15, 0.2) is 11.6 Å². The Hall–Kier alpha value is -4.79. The maximum absolute atomic E-state index is 14.2. The van der Waals surface area contributed by atoms with Gasteiger partial charge in [0, 0.05) is 37.0 Å². The van der Waals surface area contributed by atoms with E-state index in [-0.39, 0.29) is 11.2 Å². The highest BCUT2D eigenvalue weighted by molar-refractivity contribution is 5.96. The van der Waals surface area contributed by atoms with Crippen LogP contribution in [0.5, 0.6) is 0 Å². The zero-order chi connectivity index (χ0) is 27.7. The number of hydrogen-bond acceptors (Lipinski definition) is 6. The zero-order valence-corrected chi connectivity index (χ0v) is 22.8. The molecule has 0 amide bonds. The summed E-state index contributed by atoms with van der Waals surface area (Å²) in [5.41, 5.74) is 2.85. The third kappa shape index (κ3) is 5.36. The number of benzene rings is 3. The summed E-state index contributed by atoms with van der Waals surface area (Å²) in [6.45, 7) is 7.83. The molecular weight excluding hydrogens is 503 g/mol. The number of anilines is 3. The van der Waals surface area contributed by atoms with Gasteiger partial charge in [0.1, 0.15) is 11.6 Å². The first-order valence-corrected chi connectivity index (χ1v) is 13.4. The van der Waals surface area contributed by atoms with Gasteiger partial charge in [-0.25, -0.2) is 24.0 Å². The lowest BCUT2D eigenvalue weighted by Crippen LogP contribution is -2.12. The Morgan fingerprint density at radius 3 is 2.30 bits per heavy atom. The van der Waals surface area contributed by atoms with Crippen molar-refractivity contribution in [2.24, 2.45) is 0 Å². The largest absolute Gasteiger partial charge is 0.367 e. The molecule has 40 heavy (non-hydrogen) atoms. The van der Waals surface area contributed by atoms with E-state index in [9.17, 15) is 4.39 Å². The molecule has 0 atom stereocenters. The van der Waals surface area contributed by atoms with Crippen molar-refractivity contribution in [3.8, 4) is 5.69 Å². The van der Waals surface area contributed by atoms with Crippen molar-refractivity contribution in [3.63, 3.8) is 0 Å². The smallest absolute Gasteiger partial charge is 0.175 e. The highest BCUT2D eigenvalue weighted by atomic mass is 19.1. The number of fused-ring (bicyclic) bond motifs is 2. The molecule has 0 unspecified atom stereocenters. The molecule has 0 aliphatic rings. The second kappa shape index (κ2) is 10.4. The van der Waals surface area contributed by atoms with Crippen LogP contribution in [0.2, 0.25) is 0 Å². The van der Waals surface area contributed by atoms with E-state index in [1.165, 1.54) is 12.1 Å². The third-order valence-electron chi connectivity index (χ3n) is 6.75. The first-order valence-electron chi connectivity index (χ1n) is 13.4. The van der Waals surface area contributed by atoms with Crippen molar-refractivity contribution in [2.75, 3.05) is 17.2 Å². The highest BCUT2D eigenvalue weighted by Gasteiger charge is 2.22. The molecule has 6 aromatic rings. The van der Waals surface area contributed by atoms with Gasteiger partial charge in [0.05, 0.1) is 28.7 Å². The predicted molar refractivity (Wildman–Crippen MR) is 158 cm³/mol. The molecule has 9 heteroatoms. The van der Waals surface area contributed by atoms with Crippen LogP contribution in [-0.4, -0.2) is 35.8 Å². The van der Waals surface area contributed by atoms with Gasteiger partial charge in [0.2, 0.25) is 0 Å². The van der Waals surface area contributed by atoms with Gasteiger partial charge < -0.3 is 15.2 Å². The third-order valence-corrected chi connectivity index (χ3v) is 6.75. The van der Waals surface area contributed by atoms with Crippen molar-refractivity contribution in [3.05, 3.63) is 97.0 Å². The Labute approximate surface area is 231 Å². The Bertz CT molecular complexity index is 1780. The summed E-state index contributed by atoms with van der Waals surface area (Å²) in [5.74, 6) is 1.56. The molecule has 0 saturated carbocycles. The Balaban J connectivity index is 1.40. The van der Waals surface area contributed by atoms with Crippen molar-refractivity contribution in [2.45, 2.75) is 39.2 Å². The van der Waals surface area contributed by atoms with Crippen LogP contribution in [0.25, 0.3) is 27.5 Å². The predicted octanol–water partition coefficient (Wildman–Crippen LogP) is 6.85. The molecule has 0 radical (unpaired) electrons.